The molecule has 1 saturated carbocycles. The maximum Gasteiger partial charge on any atom is 0.129 e. The molecule has 1 aliphatic rings. The van der Waals surface area contributed by atoms with Gasteiger partial charge in [-0.2, -0.15) is 0 Å². The summed E-state index contributed by atoms with van der Waals surface area (Å²) in [5, 5.41) is 14.0. The van der Waals surface area contributed by atoms with Crippen molar-refractivity contribution in [3.63, 3.8) is 0 Å². The largest absolute Gasteiger partial charge is 0.393 e. The number of aromatic nitrogens is 1. The molecule has 0 radical (unpaired) electrons. The van der Waals surface area contributed by atoms with Crippen molar-refractivity contribution in [3.05, 3.63) is 29.0 Å². The summed E-state index contributed by atoms with van der Waals surface area (Å²) < 4.78 is 0. The molecule has 20 heavy (non-hydrogen) atoms. The molecule has 2 rings (SSSR count). The SMILES string of the molecule is CC(NCCCC1CCCCC1O)c1ccnc(Cl)c1. The molecule has 1 aromatic rings. The predicted molar refractivity (Wildman–Crippen MR) is 82.9 cm³/mol. The van der Waals surface area contributed by atoms with Crippen molar-refractivity contribution in [1.29, 1.82) is 0 Å². The molecule has 112 valence electrons. The molecular formula is C16H25ClN2O. The highest BCUT2D eigenvalue weighted by Gasteiger charge is 2.22. The number of nitrogens with zero attached hydrogens (tertiary/aromatic N) is 1. The molecule has 1 aliphatic carbocycles. The first kappa shape index (κ1) is 15.7. The number of hydrogen-bond donors (Lipinski definition) is 2. The van der Waals surface area contributed by atoms with E-state index >= 15 is 0 Å². The second kappa shape index (κ2) is 7.96. The minimum absolute atomic E-state index is 0.0693. The predicted octanol–water partition coefficient (Wildman–Crippen LogP) is 3.72. The minimum atomic E-state index is -0.0693. The fourth-order valence-electron chi connectivity index (χ4n) is 3.01. The van der Waals surface area contributed by atoms with Crippen LogP contribution in [0.5, 0.6) is 0 Å². The number of halogens is 1. The van der Waals surface area contributed by atoms with Crippen molar-refractivity contribution in [3.8, 4) is 0 Å². The van der Waals surface area contributed by atoms with Gasteiger partial charge in [-0.1, -0.05) is 24.4 Å². The summed E-state index contributed by atoms with van der Waals surface area (Å²) in [6, 6.07) is 4.19. The molecule has 1 heterocycles. The Morgan fingerprint density at radius 2 is 2.25 bits per heavy atom. The lowest BCUT2D eigenvalue weighted by Crippen LogP contribution is -2.26. The second-order valence-electron chi connectivity index (χ2n) is 5.84. The number of pyridine rings is 1. The molecule has 0 saturated heterocycles. The molecule has 0 aliphatic heterocycles. The summed E-state index contributed by atoms with van der Waals surface area (Å²) in [6.07, 6.45) is 8.56. The summed E-state index contributed by atoms with van der Waals surface area (Å²) in [5.74, 6) is 0.510. The van der Waals surface area contributed by atoms with Crippen molar-refractivity contribution >= 4 is 11.6 Å². The van der Waals surface area contributed by atoms with Crippen LogP contribution in [-0.2, 0) is 0 Å². The molecule has 3 unspecified atom stereocenters. The highest BCUT2D eigenvalue weighted by atomic mass is 35.5. The lowest BCUT2D eigenvalue weighted by atomic mass is 9.83. The van der Waals surface area contributed by atoms with Crippen LogP contribution in [0.3, 0.4) is 0 Å². The zero-order chi connectivity index (χ0) is 14.4. The van der Waals surface area contributed by atoms with Crippen molar-refractivity contribution in [2.24, 2.45) is 5.92 Å². The Morgan fingerprint density at radius 1 is 1.45 bits per heavy atom. The molecule has 1 fully saturated rings. The number of aliphatic hydroxyl groups is 1. The van der Waals surface area contributed by atoms with Crippen LogP contribution >= 0.6 is 11.6 Å². The molecule has 3 nitrogen and oxygen atoms in total. The molecule has 4 heteroatoms. The number of hydrogen-bond acceptors (Lipinski definition) is 3. The van der Waals surface area contributed by atoms with E-state index in [2.05, 4.69) is 17.2 Å². The van der Waals surface area contributed by atoms with Crippen molar-refractivity contribution in [2.75, 3.05) is 6.54 Å². The van der Waals surface area contributed by atoms with Crippen LogP contribution in [0.15, 0.2) is 18.3 Å². The highest BCUT2D eigenvalue weighted by Crippen LogP contribution is 2.27. The molecule has 2 N–H and O–H groups in total. The Hall–Kier alpha value is -0.640. The van der Waals surface area contributed by atoms with E-state index in [1.807, 2.05) is 12.1 Å². The Morgan fingerprint density at radius 3 is 3.00 bits per heavy atom. The molecule has 3 atom stereocenters. The van der Waals surface area contributed by atoms with Gasteiger partial charge in [0, 0.05) is 12.2 Å². The highest BCUT2D eigenvalue weighted by molar-refractivity contribution is 6.29. The Kier molecular flexibility index (Phi) is 6.27. The third kappa shape index (κ3) is 4.72. The third-order valence-corrected chi connectivity index (χ3v) is 4.53. The number of nitrogens with one attached hydrogen (secondary N) is 1. The smallest absolute Gasteiger partial charge is 0.129 e. The average molecular weight is 297 g/mol. The van der Waals surface area contributed by atoms with Gasteiger partial charge in [-0.05, 0) is 62.8 Å². The maximum atomic E-state index is 9.94. The summed E-state index contributed by atoms with van der Waals surface area (Å²) in [6.45, 7) is 3.12. The van der Waals surface area contributed by atoms with E-state index in [1.54, 1.807) is 6.20 Å². The van der Waals surface area contributed by atoms with Gasteiger partial charge in [0.05, 0.1) is 6.10 Å². The monoisotopic (exact) mass is 296 g/mol. The lowest BCUT2D eigenvalue weighted by molar-refractivity contribution is 0.0642. The summed E-state index contributed by atoms with van der Waals surface area (Å²) >= 11 is 5.90. The normalized spacial score (nSPS) is 24.6. The molecular weight excluding hydrogens is 272 g/mol. The Balaban J connectivity index is 1.67. The lowest BCUT2D eigenvalue weighted by Gasteiger charge is -2.27. The van der Waals surface area contributed by atoms with Crippen LogP contribution in [-0.4, -0.2) is 22.7 Å². The molecule has 0 spiro atoms. The maximum absolute atomic E-state index is 9.94. The van der Waals surface area contributed by atoms with Crippen LogP contribution in [0.1, 0.15) is 57.1 Å². The first-order chi connectivity index (χ1) is 9.66. The average Bonchev–Trinajstić information content (AvgIpc) is 2.45. The fraction of sp³-hybridized carbons (Fsp3) is 0.688. The van der Waals surface area contributed by atoms with Crippen molar-refractivity contribution in [1.82, 2.24) is 10.3 Å². The van der Waals surface area contributed by atoms with E-state index in [0.717, 1.165) is 25.8 Å². The topological polar surface area (TPSA) is 45.1 Å². The third-order valence-electron chi connectivity index (χ3n) is 4.32. The van der Waals surface area contributed by atoms with Crippen molar-refractivity contribution < 1.29 is 5.11 Å². The zero-order valence-electron chi connectivity index (χ0n) is 12.2. The van der Waals surface area contributed by atoms with E-state index in [1.165, 1.54) is 24.8 Å². The Bertz CT molecular complexity index is 413. The first-order valence-corrected chi connectivity index (χ1v) is 8.07. The van der Waals surface area contributed by atoms with Gasteiger partial charge in [-0.15, -0.1) is 0 Å². The van der Waals surface area contributed by atoms with Crippen LogP contribution < -0.4 is 5.32 Å². The standard InChI is InChI=1S/C16H25ClN2O/c1-12(14-8-10-19-16(17)11-14)18-9-4-6-13-5-2-3-7-15(13)20/h8,10-13,15,18,20H,2-7,9H2,1H3. The van der Waals surface area contributed by atoms with Gasteiger partial charge >= 0.3 is 0 Å². The van der Waals surface area contributed by atoms with Gasteiger partial charge in [0.1, 0.15) is 5.15 Å². The van der Waals surface area contributed by atoms with E-state index in [4.69, 9.17) is 11.6 Å². The zero-order valence-corrected chi connectivity index (χ0v) is 12.9. The molecule has 0 bridgehead atoms. The van der Waals surface area contributed by atoms with Gasteiger partial charge in [-0.3, -0.25) is 0 Å². The fourth-order valence-corrected chi connectivity index (χ4v) is 3.19. The van der Waals surface area contributed by atoms with Crippen LogP contribution in [0.4, 0.5) is 0 Å². The summed E-state index contributed by atoms with van der Waals surface area (Å²) in [5.41, 5.74) is 1.17. The van der Waals surface area contributed by atoms with E-state index in [0.29, 0.717) is 11.1 Å². The first-order valence-electron chi connectivity index (χ1n) is 7.69. The molecule has 0 amide bonds. The number of aliphatic hydroxyl groups excluding tert-OH is 1. The second-order valence-corrected chi connectivity index (χ2v) is 6.23. The van der Waals surface area contributed by atoms with E-state index < -0.39 is 0 Å². The van der Waals surface area contributed by atoms with Crippen LogP contribution in [0, 0.1) is 5.92 Å². The Labute approximate surface area is 126 Å². The van der Waals surface area contributed by atoms with Gasteiger partial charge in [0.2, 0.25) is 0 Å². The van der Waals surface area contributed by atoms with Gasteiger partial charge < -0.3 is 10.4 Å². The van der Waals surface area contributed by atoms with Crippen molar-refractivity contribution in [2.45, 2.75) is 57.6 Å². The quantitative estimate of drug-likeness (QED) is 0.621. The van der Waals surface area contributed by atoms with Gasteiger partial charge in [-0.25, -0.2) is 4.98 Å². The molecule has 0 aromatic carbocycles. The summed E-state index contributed by atoms with van der Waals surface area (Å²) in [7, 11) is 0. The van der Waals surface area contributed by atoms with Gasteiger partial charge in [0.15, 0.2) is 0 Å². The molecule has 1 aromatic heterocycles. The van der Waals surface area contributed by atoms with E-state index in [-0.39, 0.29) is 12.1 Å². The van der Waals surface area contributed by atoms with Crippen LogP contribution in [0.2, 0.25) is 5.15 Å². The minimum Gasteiger partial charge on any atom is -0.393 e. The summed E-state index contributed by atoms with van der Waals surface area (Å²) in [4.78, 5) is 4.00. The van der Waals surface area contributed by atoms with Gasteiger partial charge in [0.25, 0.3) is 0 Å². The van der Waals surface area contributed by atoms with Crippen LogP contribution in [0.25, 0.3) is 0 Å². The number of rotatable bonds is 6. The van der Waals surface area contributed by atoms with E-state index in [9.17, 15) is 5.11 Å².